The van der Waals surface area contributed by atoms with Gasteiger partial charge in [0.15, 0.2) is 18.1 Å². The molecule has 0 bridgehead atoms. The number of hydrogen-bond acceptors (Lipinski definition) is 8. The molecule has 32 heavy (non-hydrogen) atoms. The zero-order chi connectivity index (χ0) is 22.7. The summed E-state index contributed by atoms with van der Waals surface area (Å²) in [5.74, 6) is -1.68. The minimum atomic E-state index is -1.08. The lowest BCUT2D eigenvalue weighted by Gasteiger charge is -2.14. The molecule has 9 heteroatoms. The van der Waals surface area contributed by atoms with E-state index in [1.165, 1.54) is 31.8 Å². The van der Waals surface area contributed by atoms with E-state index in [-0.39, 0.29) is 5.56 Å². The van der Waals surface area contributed by atoms with Crippen LogP contribution in [0.1, 0.15) is 63.8 Å². The summed E-state index contributed by atoms with van der Waals surface area (Å²) < 4.78 is 15.6. The molecule has 1 unspecified atom stereocenters. The van der Waals surface area contributed by atoms with Crippen molar-refractivity contribution in [2.24, 2.45) is 0 Å². The number of benzene rings is 1. The number of carbonyl (C=O) groups is 3. The molecule has 4 rings (SSSR count). The van der Waals surface area contributed by atoms with E-state index in [1.54, 1.807) is 18.2 Å². The number of fused-ring (bicyclic) bond motifs is 2. The molecule has 1 aliphatic carbocycles. The summed E-state index contributed by atoms with van der Waals surface area (Å²) in [6.45, 7) is 1.48. The maximum absolute atomic E-state index is 12.8. The molecule has 1 atom stereocenters. The Hall–Kier alpha value is -3.20. The molecule has 0 spiro atoms. The molecule has 0 fully saturated rings. The lowest BCUT2D eigenvalue weighted by Crippen LogP contribution is -2.30. The normalized spacial score (nSPS) is 14.7. The molecule has 1 aliphatic rings. The maximum atomic E-state index is 12.8. The summed E-state index contributed by atoms with van der Waals surface area (Å²) in [5, 5.41) is 3.22. The molecule has 1 aromatic carbocycles. The third-order valence-electron chi connectivity index (χ3n) is 5.53. The highest BCUT2D eigenvalue weighted by Crippen LogP contribution is 2.37. The number of amides is 1. The first-order valence-electron chi connectivity index (χ1n) is 10.6. The van der Waals surface area contributed by atoms with Gasteiger partial charge in [0.05, 0.1) is 18.2 Å². The lowest BCUT2D eigenvalue weighted by molar-refractivity contribution is -0.123. The fourth-order valence-electron chi connectivity index (χ4n) is 3.87. The maximum Gasteiger partial charge on any atom is 0.341 e. The standard InChI is InChI=1S/C23H24N2O6S/c1-13(31-22(27)15-9-7-10-16-19(15)24-12-30-16)20(26)25-21-18(23(28)29-2)14-8-5-3-4-6-11-17(14)32-21/h7,9-10,12-13H,3-6,8,11H2,1-2H3,(H,25,26). The van der Waals surface area contributed by atoms with Crippen molar-refractivity contribution in [2.75, 3.05) is 12.4 Å². The van der Waals surface area contributed by atoms with Crippen molar-refractivity contribution in [3.8, 4) is 0 Å². The second-order valence-electron chi connectivity index (χ2n) is 7.66. The van der Waals surface area contributed by atoms with Crippen LogP contribution in [0.25, 0.3) is 11.1 Å². The number of esters is 2. The first-order chi connectivity index (χ1) is 15.5. The Morgan fingerprint density at radius 2 is 1.91 bits per heavy atom. The summed E-state index contributed by atoms with van der Waals surface area (Å²) in [4.78, 5) is 43.1. The van der Waals surface area contributed by atoms with Crippen LogP contribution in [0.5, 0.6) is 0 Å². The van der Waals surface area contributed by atoms with Crippen LogP contribution in [0.4, 0.5) is 5.00 Å². The van der Waals surface area contributed by atoms with E-state index in [0.717, 1.165) is 49.0 Å². The molecule has 0 saturated heterocycles. The third-order valence-corrected chi connectivity index (χ3v) is 6.74. The first-order valence-corrected chi connectivity index (χ1v) is 11.4. The molecule has 2 aromatic heterocycles. The SMILES string of the molecule is COC(=O)c1c(NC(=O)C(C)OC(=O)c2cccc3ocnc23)sc2c1CCCCCC2. The van der Waals surface area contributed by atoms with Gasteiger partial charge in [0.1, 0.15) is 10.5 Å². The van der Waals surface area contributed by atoms with Crippen LogP contribution in [-0.4, -0.2) is 36.0 Å². The number of aromatic nitrogens is 1. The second-order valence-corrected chi connectivity index (χ2v) is 8.76. The first kappa shape index (κ1) is 22.0. The molecule has 3 aromatic rings. The van der Waals surface area contributed by atoms with E-state index in [1.807, 2.05) is 0 Å². The lowest BCUT2D eigenvalue weighted by atomic mass is 9.96. The van der Waals surface area contributed by atoms with Crippen molar-refractivity contribution in [2.45, 2.75) is 51.6 Å². The number of carbonyl (C=O) groups excluding carboxylic acids is 3. The largest absolute Gasteiger partial charge is 0.465 e. The van der Waals surface area contributed by atoms with Gasteiger partial charge in [-0.2, -0.15) is 0 Å². The van der Waals surface area contributed by atoms with Crippen molar-refractivity contribution in [3.05, 3.63) is 46.2 Å². The zero-order valence-electron chi connectivity index (χ0n) is 17.9. The average Bonchev–Trinajstić information content (AvgIpc) is 3.37. The van der Waals surface area contributed by atoms with E-state index >= 15 is 0 Å². The number of rotatable bonds is 5. The summed E-state index contributed by atoms with van der Waals surface area (Å²) in [6, 6.07) is 4.90. The number of aryl methyl sites for hydroxylation is 1. The number of nitrogens with zero attached hydrogens (tertiary/aromatic N) is 1. The van der Waals surface area contributed by atoms with Crippen molar-refractivity contribution in [1.29, 1.82) is 0 Å². The van der Waals surface area contributed by atoms with Crippen molar-refractivity contribution in [3.63, 3.8) is 0 Å². The van der Waals surface area contributed by atoms with E-state index in [0.29, 0.717) is 21.7 Å². The van der Waals surface area contributed by atoms with Crippen LogP contribution < -0.4 is 5.32 Å². The minimum absolute atomic E-state index is 0.213. The number of oxazole rings is 1. The van der Waals surface area contributed by atoms with Gasteiger partial charge in [0, 0.05) is 4.88 Å². The number of nitrogens with one attached hydrogen (secondary N) is 1. The predicted octanol–water partition coefficient (Wildman–Crippen LogP) is 4.52. The van der Waals surface area contributed by atoms with Gasteiger partial charge in [-0.05, 0) is 50.3 Å². The Morgan fingerprint density at radius 3 is 2.69 bits per heavy atom. The predicted molar refractivity (Wildman–Crippen MR) is 119 cm³/mol. The molecule has 2 heterocycles. The van der Waals surface area contributed by atoms with Crippen LogP contribution in [0, 0.1) is 0 Å². The van der Waals surface area contributed by atoms with Crippen LogP contribution in [0.3, 0.4) is 0 Å². The summed E-state index contributed by atoms with van der Waals surface area (Å²) in [5.41, 5.74) is 2.41. The van der Waals surface area contributed by atoms with Gasteiger partial charge in [-0.15, -0.1) is 11.3 Å². The Morgan fingerprint density at radius 1 is 1.12 bits per heavy atom. The smallest absolute Gasteiger partial charge is 0.341 e. The average molecular weight is 457 g/mol. The quantitative estimate of drug-likeness (QED) is 0.563. The zero-order valence-corrected chi connectivity index (χ0v) is 18.8. The Balaban J connectivity index is 1.53. The van der Waals surface area contributed by atoms with E-state index in [4.69, 9.17) is 13.9 Å². The molecular formula is C23H24N2O6S. The number of thiophene rings is 1. The highest BCUT2D eigenvalue weighted by Gasteiger charge is 2.28. The summed E-state index contributed by atoms with van der Waals surface area (Å²) >= 11 is 1.40. The van der Waals surface area contributed by atoms with Crippen molar-refractivity contribution >= 4 is 45.3 Å². The Kier molecular flexibility index (Phi) is 6.55. The van der Waals surface area contributed by atoms with Gasteiger partial charge < -0.3 is 19.2 Å². The molecule has 1 amide bonds. The molecule has 1 N–H and O–H groups in total. The van der Waals surface area contributed by atoms with Gasteiger partial charge in [-0.25, -0.2) is 14.6 Å². The monoisotopic (exact) mass is 456 g/mol. The van der Waals surface area contributed by atoms with Crippen LogP contribution in [0.2, 0.25) is 0 Å². The topological polar surface area (TPSA) is 108 Å². The second kappa shape index (κ2) is 9.52. The number of para-hydroxylation sites is 1. The Labute approximate surface area is 188 Å². The fraction of sp³-hybridized carbons (Fsp3) is 0.391. The number of hydrogen-bond donors (Lipinski definition) is 1. The minimum Gasteiger partial charge on any atom is -0.465 e. The van der Waals surface area contributed by atoms with Gasteiger partial charge in [-0.3, -0.25) is 4.79 Å². The van der Waals surface area contributed by atoms with Gasteiger partial charge in [0.25, 0.3) is 5.91 Å². The van der Waals surface area contributed by atoms with Gasteiger partial charge in [0.2, 0.25) is 0 Å². The molecule has 0 radical (unpaired) electrons. The van der Waals surface area contributed by atoms with E-state index in [2.05, 4.69) is 10.3 Å². The summed E-state index contributed by atoms with van der Waals surface area (Å²) in [7, 11) is 1.33. The van der Waals surface area contributed by atoms with Crippen molar-refractivity contribution < 1.29 is 28.3 Å². The van der Waals surface area contributed by atoms with Crippen LogP contribution >= 0.6 is 11.3 Å². The highest BCUT2D eigenvalue weighted by atomic mass is 32.1. The third kappa shape index (κ3) is 4.38. The van der Waals surface area contributed by atoms with E-state index in [9.17, 15) is 14.4 Å². The van der Waals surface area contributed by atoms with Gasteiger partial charge >= 0.3 is 11.9 Å². The molecular weight excluding hydrogens is 432 g/mol. The number of methoxy groups -OCH3 is 1. The van der Waals surface area contributed by atoms with Crippen LogP contribution in [0.15, 0.2) is 29.0 Å². The number of anilines is 1. The van der Waals surface area contributed by atoms with Gasteiger partial charge in [-0.1, -0.05) is 18.9 Å². The number of ether oxygens (including phenoxy) is 2. The highest BCUT2D eigenvalue weighted by molar-refractivity contribution is 7.17. The molecule has 8 nitrogen and oxygen atoms in total. The molecule has 0 saturated carbocycles. The molecule has 0 aliphatic heterocycles. The molecule has 168 valence electrons. The van der Waals surface area contributed by atoms with Crippen LogP contribution in [-0.2, 0) is 27.1 Å². The Bertz CT molecular complexity index is 1160. The summed E-state index contributed by atoms with van der Waals surface area (Å²) in [6.07, 6.45) is 6.10. The van der Waals surface area contributed by atoms with Crippen molar-refractivity contribution in [1.82, 2.24) is 4.98 Å². The van der Waals surface area contributed by atoms with E-state index < -0.39 is 23.9 Å². The fourth-order valence-corrected chi connectivity index (χ4v) is 5.15.